The third-order valence-electron chi connectivity index (χ3n) is 6.98. The summed E-state index contributed by atoms with van der Waals surface area (Å²) in [7, 11) is 1.55. The highest BCUT2D eigenvalue weighted by Gasteiger charge is 2.32. The Morgan fingerprint density at radius 1 is 0.897 bits per heavy atom. The van der Waals surface area contributed by atoms with Gasteiger partial charge in [-0.15, -0.1) is 0 Å². The first-order valence-corrected chi connectivity index (χ1v) is 14.0. The van der Waals surface area contributed by atoms with Crippen LogP contribution in [-0.4, -0.2) is 42.5 Å². The Bertz CT molecular complexity index is 1250. The maximum Gasteiger partial charge on any atom is 0.261 e. The summed E-state index contributed by atoms with van der Waals surface area (Å²) in [5.41, 5.74) is 1.72. The van der Waals surface area contributed by atoms with Gasteiger partial charge >= 0.3 is 0 Å². The van der Waals surface area contributed by atoms with E-state index < -0.39 is 6.04 Å². The standard InChI is InChI=1S/C31H34Cl2N2O4/c1-38-28-14-8-9-15-29(28)39-21-30(36)35(20-23-16-17-25(32)26(33)18-23)27(19-22-10-4-2-5-11-22)31(37)34-24-12-6-3-7-13-24/h2,4-5,8-11,14-18,24,27H,3,6-7,12-13,19-21H2,1H3,(H,34,37). The number of carbonyl (C=O) groups is 2. The Hall–Kier alpha value is -3.22. The molecule has 1 saturated carbocycles. The molecule has 0 radical (unpaired) electrons. The van der Waals surface area contributed by atoms with E-state index in [1.165, 1.54) is 6.42 Å². The number of nitrogens with one attached hydrogen (secondary N) is 1. The first-order chi connectivity index (χ1) is 18.9. The molecule has 1 fully saturated rings. The zero-order chi connectivity index (χ0) is 27.6. The number of benzene rings is 3. The van der Waals surface area contributed by atoms with Gasteiger partial charge in [0.1, 0.15) is 6.04 Å². The van der Waals surface area contributed by atoms with Crippen LogP contribution < -0.4 is 14.8 Å². The third kappa shape index (κ3) is 8.13. The van der Waals surface area contributed by atoms with E-state index in [9.17, 15) is 9.59 Å². The molecule has 0 saturated heterocycles. The highest BCUT2D eigenvalue weighted by Crippen LogP contribution is 2.27. The van der Waals surface area contributed by atoms with Gasteiger partial charge in [-0.25, -0.2) is 0 Å². The Morgan fingerprint density at radius 3 is 2.28 bits per heavy atom. The van der Waals surface area contributed by atoms with Crippen LogP contribution >= 0.6 is 23.2 Å². The van der Waals surface area contributed by atoms with Crippen LogP contribution in [0.1, 0.15) is 43.2 Å². The van der Waals surface area contributed by atoms with E-state index in [0.29, 0.717) is 28.0 Å². The quantitative estimate of drug-likeness (QED) is 0.288. The van der Waals surface area contributed by atoms with Gasteiger partial charge in [-0.3, -0.25) is 9.59 Å². The lowest BCUT2D eigenvalue weighted by Gasteiger charge is -2.33. The second-order valence-electron chi connectivity index (χ2n) is 9.76. The predicted octanol–water partition coefficient (Wildman–Crippen LogP) is 6.47. The van der Waals surface area contributed by atoms with Crippen molar-refractivity contribution < 1.29 is 19.1 Å². The zero-order valence-corrected chi connectivity index (χ0v) is 23.6. The molecule has 2 amide bonds. The fraction of sp³-hybridized carbons (Fsp3) is 0.355. The van der Waals surface area contributed by atoms with E-state index in [4.69, 9.17) is 32.7 Å². The summed E-state index contributed by atoms with van der Waals surface area (Å²) in [6.07, 6.45) is 5.62. The van der Waals surface area contributed by atoms with Gasteiger partial charge in [0, 0.05) is 19.0 Å². The van der Waals surface area contributed by atoms with Gasteiger partial charge in [-0.2, -0.15) is 0 Å². The first-order valence-electron chi connectivity index (χ1n) is 13.3. The Labute approximate surface area is 240 Å². The molecule has 4 rings (SSSR count). The van der Waals surface area contributed by atoms with Gasteiger partial charge in [0.15, 0.2) is 18.1 Å². The van der Waals surface area contributed by atoms with E-state index in [1.807, 2.05) is 48.5 Å². The van der Waals surface area contributed by atoms with Crippen molar-refractivity contribution in [3.63, 3.8) is 0 Å². The summed E-state index contributed by atoms with van der Waals surface area (Å²) < 4.78 is 11.3. The van der Waals surface area contributed by atoms with Crippen molar-refractivity contribution in [2.45, 2.75) is 57.2 Å². The zero-order valence-electron chi connectivity index (χ0n) is 22.1. The molecule has 1 N–H and O–H groups in total. The molecule has 0 aliphatic heterocycles. The predicted molar refractivity (Wildman–Crippen MR) is 154 cm³/mol. The van der Waals surface area contributed by atoms with Crippen LogP contribution in [0.4, 0.5) is 0 Å². The van der Waals surface area contributed by atoms with Crippen LogP contribution in [0, 0.1) is 0 Å². The maximum absolute atomic E-state index is 13.8. The van der Waals surface area contributed by atoms with Crippen molar-refractivity contribution in [2.24, 2.45) is 0 Å². The fourth-order valence-electron chi connectivity index (χ4n) is 4.89. The van der Waals surface area contributed by atoms with Crippen molar-refractivity contribution in [1.29, 1.82) is 0 Å². The molecule has 1 atom stereocenters. The summed E-state index contributed by atoms with van der Waals surface area (Å²) >= 11 is 12.4. The lowest BCUT2D eigenvalue weighted by atomic mass is 9.94. The minimum atomic E-state index is -0.752. The molecule has 3 aromatic rings. The highest BCUT2D eigenvalue weighted by atomic mass is 35.5. The van der Waals surface area contributed by atoms with E-state index in [2.05, 4.69) is 5.32 Å². The average Bonchev–Trinajstić information content (AvgIpc) is 2.96. The molecule has 6 nitrogen and oxygen atoms in total. The molecule has 0 bridgehead atoms. The van der Waals surface area contributed by atoms with Crippen LogP contribution in [0.5, 0.6) is 11.5 Å². The molecule has 1 unspecified atom stereocenters. The largest absolute Gasteiger partial charge is 0.493 e. The summed E-state index contributed by atoms with van der Waals surface area (Å²) in [5.74, 6) is 0.481. The van der Waals surface area contributed by atoms with Gasteiger partial charge in [0.25, 0.3) is 5.91 Å². The number of halogens is 2. The molecule has 1 aliphatic rings. The molecule has 39 heavy (non-hydrogen) atoms. The molecular formula is C31H34Cl2N2O4. The smallest absolute Gasteiger partial charge is 0.261 e. The highest BCUT2D eigenvalue weighted by molar-refractivity contribution is 6.42. The number of rotatable bonds is 11. The Balaban J connectivity index is 1.63. The van der Waals surface area contributed by atoms with Crippen LogP contribution in [0.25, 0.3) is 0 Å². The fourth-order valence-corrected chi connectivity index (χ4v) is 5.21. The van der Waals surface area contributed by atoms with Gasteiger partial charge in [-0.1, -0.05) is 91.0 Å². The van der Waals surface area contributed by atoms with E-state index >= 15 is 0 Å². The van der Waals surface area contributed by atoms with Gasteiger partial charge in [0.2, 0.25) is 5.91 Å². The molecule has 3 aromatic carbocycles. The number of para-hydroxylation sites is 2. The molecule has 0 heterocycles. The second kappa shape index (κ2) is 14.2. The van der Waals surface area contributed by atoms with Crippen LogP contribution in [0.15, 0.2) is 72.8 Å². The van der Waals surface area contributed by atoms with Gasteiger partial charge in [-0.05, 0) is 48.2 Å². The second-order valence-corrected chi connectivity index (χ2v) is 10.6. The van der Waals surface area contributed by atoms with Crippen LogP contribution in [-0.2, 0) is 22.6 Å². The maximum atomic E-state index is 13.8. The number of ether oxygens (including phenoxy) is 2. The molecule has 8 heteroatoms. The first kappa shape index (κ1) is 28.8. The van der Waals surface area contributed by atoms with E-state index in [0.717, 1.165) is 36.8 Å². The average molecular weight is 570 g/mol. The van der Waals surface area contributed by atoms with Crippen molar-refractivity contribution in [2.75, 3.05) is 13.7 Å². The van der Waals surface area contributed by atoms with Crippen molar-refractivity contribution in [3.05, 3.63) is 94.0 Å². The summed E-state index contributed by atoms with van der Waals surface area (Å²) in [5, 5.41) is 4.04. The Morgan fingerprint density at radius 2 is 1.59 bits per heavy atom. The number of nitrogens with zero attached hydrogens (tertiary/aromatic N) is 1. The van der Waals surface area contributed by atoms with E-state index in [-0.39, 0.29) is 31.0 Å². The summed E-state index contributed by atoms with van der Waals surface area (Å²) in [6, 6.07) is 21.5. The number of carbonyl (C=O) groups excluding carboxylic acids is 2. The number of hydrogen-bond acceptors (Lipinski definition) is 4. The molecule has 1 aliphatic carbocycles. The van der Waals surface area contributed by atoms with Crippen molar-refractivity contribution >= 4 is 35.0 Å². The number of hydrogen-bond donors (Lipinski definition) is 1. The van der Waals surface area contributed by atoms with Crippen molar-refractivity contribution in [1.82, 2.24) is 10.2 Å². The molecule has 0 spiro atoms. The molecular weight excluding hydrogens is 535 g/mol. The lowest BCUT2D eigenvalue weighted by molar-refractivity contribution is -0.143. The van der Waals surface area contributed by atoms with E-state index in [1.54, 1.807) is 36.3 Å². The molecule has 0 aromatic heterocycles. The van der Waals surface area contributed by atoms with Crippen LogP contribution in [0.3, 0.4) is 0 Å². The minimum absolute atomic E-state index is 0.108. The summed E-state index contributed by atoms with van der Waals surface area (Å²) in [6.45, 7) is -0.0930. The number of methoxy groups -OCH3 is 1. The Kier molecular flexibility index (Phi) is 10.5. The van der Waals surface area contributed by atoms with Gasteiger partial charge in [0.05, 0.1) is 17.2 Å². The lowest BCUT2D eigenvalue weighted by Crippen LogP contribution is -2.53. The van der Waals surface area contributed by atoms with Crippen molar-refractivity contribution in [3.8, 4) is 11.5 Å². The normalized spacial score (nSPS) is 14.3. The van der Waals surface area contributed by atoms with Crippen LogP contribution in [0.2, 0.25) is 10.0 Å². The SMILES string of the molecule is COc1ccccc1OCC(=O)N(Cc1ccc(Cl)c(Cl)c1)C(Cc1ccccc1)C(=O)NC1CCCCC1. The third-order valence-corrected chi connectivity index (χ3v) is 7.72. The monoisotopic (exact) mass is 568 g/mol. The molecule has 206 valence electrons. The summed E-state index contributed by atoms with van der Waals surface area (Å²) in [4.78, 5) is 29.2. The van der Waals surface area contributed by atoms with Gasteiger partial charge < -0.3 is 19.7 Å². The minimum Gasteiger partial charge on any atom is -0.493 e. The topological polar surface area (TPSA) is 67.9 Å². The number of amides is 2.